The number of nitrogens with one attached hydrogen (secondary N) is 1. The lowest BCUT2D eigenvalue weighted by Crippen LogP contribution is -2.25. The average molecular weight is 303 g/mol. The molecule has 22 heavy (non-hydrogen) atoms. The second-order valence-electron chi connectivity index (χ2n) is 5.05. The molecule has 0 atom stereocenters. The first kappa shape index (κ1) is 15.9. The molecule has 2 rings (SSSR count). The van der Waals surface area contributed by atoms with Crippen LogP contribution in [0.4, 0.5) is 0 Å². The minimum Gasteiger partial charge on any atom is -0.493 e. The molecular weight excluding hydrogens is 282 g/mol. The number of benzene rings is 1. The summed E-state index contributed by atoms with van der Waals surface area (Å²) in [6, 6.07) is 7.47. The van der Waals surface area contributed by atoms with Gasteiger partial charge in [0.05, 0.1) is 14.2 Å². The first-order valence-corrected chi connectivity index (χ1v) is 7.11. The van der Waals surface area contributed by atoms with Crippen molar-refractivity contribution in [1.29, 1.82) is 0 Å². The van der Waals surface area contributed by atoms with Crippen molar-refractivity contribution in [3.63, 3.8) is 0 Å². The molecule has 5 heteroatoms. The van der Waals surface area contributed by atoms with Crippen molar-refractivity contribution in [2.75, 3.05) is 20.8 Å². The molecule has 0 aliphatic rings. The summed E-state index contributed by atoms with van der Waals surface area (Å²) in [5.41, 5.74) is 2.04. The Balaban J connectivity index is 1.92. The highest BCUT2D eigenvalue weighted by Crippen LogP contribution is 2.27. The maximum atomic E-state index is 12.0. The van der Waals surface area contributed by atoms with Crippen LogP contribution in [0.1, 0.15) is 27.4 Å². The summed E-state index contributed by atoms with van der Waals surface area (Å²) < 4.78 is 15.9. The molecule has 118 valence electrons. The molecule has 0 spiro atoms. The number of carbonyl (C=O) groups excluding carboxylic acids is 1. The maximum Gasteiger partial charge on any atom is 0.287 e. The van der Waals surface area contributed by atoms with Gasteiger partial charge >= 0.3 is 0 Å². The Bertz CT molecular complexity index is 641. The molecule has 2 aromatic rings. The summed E-state index contributed by atoms with van der Waals surface area (Å²) in [5.74, 6) is 2.30. The lowest BCUT2D eigenvalue weighted by atomic mass is 10.1. The summed E-state index contributed by atoms with van der Waals surface area (Å²) in [6.45, 7) is 4.28. The summed E-state index contributed by atoms with van der Waals surface area (Å²) in [6.07, 6.45) is 0.699. The summed E-state index contributed by atoms with van der Waals surface area (Å²) in [4.78, 5) is 12.0. The molecule has 1 heterocycles. The summed E-state index contributed by atoms with van der Waals surface area (Å²) in [5, 5.41) is 2.85. The highest BCUT2D eigenvalue weighted by Gasteiger charge is 2.12. The molecule has 1 aromatic heterocycles. The third-order valence-electron chi connectivity index (χ3n) is 3.54. The molecule has 0 saturated carbocycles. The van der Waals surface area contributed by atoms with E-state index in [0.29, 0.717) is 30.2 Å². The number of aryl methyl sites for hydroxylation is 2. The molecule has 0 saturated heterocycles. The second kappa shape index (κ2) is 7.02. The van der Waals surface area contributed by atoms with Crippen molar-refractivity contribution in [3.8, 4) is 11.5 Å². The van der Waals surface area contributed by atoms with Gasteiger partial charge in [-0.2, -0.15) is 0 Å². The van der Waals surface area contributed by atoms with Crippen molar-refractivity contribution in [3.05, 3.63) is 46.9 Å². The van der Waals surface area contributed by atoms with Gasteiger partial charge in [-0.1, -0.05) is 6.07 Å². The van der Waals surface area contributed by atoms with Gasteiger partial charge < -0.3 is 19.2 Å². The standard InChI is InChI=1S/C17H21NO4/c1-11-9-16(22-12(11)2)17(19)18-8-7-13-5-6-14(20-3)15(10-13)21-4/h5-6,9-10H,7-8H2,1-4H3,(H,18,19). The van der Waals surface area contributed by atoms with E-state index in [1.165, 1.54) is 0 Å². The first-order chi connectivity index (χ1) is 10.5. The highest BCUT2D eigenvalue weighted by atomic mass is 16.5. The van der Waals surface area contributed by atoms with E-state index in [0.717, 1.165) is 16.9 Å². The van der Waals surface area contributed by atoms with Gasteiger partial charge in [0.15, 0.2) is 17.3 Å². The molecule has 0 unspecified atom stereocenters. The lowest BCUT2D eigenvalue weighted by Gasteiger charge is -2.09. The van der Waals surface area contributed by atoms with Gasteiger partial charge in [-0.25, -0.2) is 0 Å². The third kappa shape index (κ3) is 3.61. The van der Waals surface area contributed by atoms with Crippen LogP contribution in [0.3, 0.4) is 0 Å². The fourth-order valence-corrected chi connectivity index (χ4v) is 2.13. The van der Waals surface area contributed by atoms with Gasteiger partial charge in [0.25, 0.3) is 5.91 Å². The number of furan rings is 1. The van der Waals surface area contributed by atoms with E-state index in [1.807, 2.05) is 32.0 Å². The van der Waals surface area contributed by atoms with Gasteiger partial charge in [0.1, 0.15) is 5.76 Å². The van der Waals surface area contributed by atoms with Gasteiger partial charge in [0, 0.05) is 6.54 Å². The highest BCUT2D eigenvalue weighted by molar-refractivity contribution is 5.91. The Kier molecular flexibility index (Phi) is 5.09. The number of hydrogen-bond acceptors (Lipinski definition) is 4. The normalized spacial score (nSPS) is 10.4. The summed E-state index contributed by atoms with van der Waals surface area (Å²) in [7, 11) is 3.20. The largest absolute Gasteiger partial charge is 0.493 e. The average Bonchev–Trinajstić information content (AvgIpc) is 2.86. The van der Waals surface area contributed by atoms with Crippen molar-refractivity contribution >= 4 is 5.91 Å². The number of carbonyl (C=O) groups is 1. The van der Waals surface area contributed by atoms with Crippen LogP contribution in [0.15, 0.2) is 28.7 Å². The van der Waals surface area contributed by atoms with Gasteiger partial charge in [-0.05, 0) is 49.6 Å². The molecule has 1 N–H and O–H groups in total. The minimum atomic E-state index is -0.198. The Morgan fingerprint density at radius 3 is 2.45 bits per heavy atom. The topological polar surface area (TPSA) is 60.7 Å². The van der Waals surface area contributed by atoms with E-state index in [4.69, 9.17) is 13.9 Å². The van der Waals surface area contributed by atoms with Crippen LogP contribution in [0.2, 0.25) is 0 Å². The van der Waals surface area contributed by atoms with Crippen LogP contribution in [0.25, 0.3) is 0 Å². The van der Waals surface area contributed by atoms with Gasteiger partial charge in [-0.15, -0.1) is 0 Å². The van der Waals surface area contributed by atoms with Gasteiger partial charge in [-0.3, -0.25) is 4.79 Å². The predicted octanol–water partition coefficient (Wildman–Crippen LogP) is 2.89. The molecule has 0 aliphatic heterocycles. The van der Waals surface area contributed by atoms with Crippen LogP contribution in [0, 0.1) is 13.8 Å². The van der Waals surface area contributed by atoms with Crippen LogP contribution in [0.5, 0.6) is 11.5 Å². The molecule has 0 aliphatic carbocycles. The van der Waals surface area contributed by atoms with Crippen molar-refractivity contribution in [2.45, 2.75) is 20.3 Å². The van der Waals surface area contributed by atoms with Crippen molar-refractivity contribution in [1.82, 2.24) is 5.32 Å². The van der Waals surface area contributed by atoms with Crippen LogP contribution >= 0.6 is 0 Å². The summed E-state index contributed by atoms with van der Waals surface area (Å²) >= 11 is 0. The van der Waals surface area contributed by atoms with E-state index in [-0.39, 0.29) is 5.91 Å². The molecule has 0 radical (unpaired) electrons. The molecule has 0 bridgehead atoms. The van der Waals surface area contributed by atoms with Crippen molar-refractivity contribution < 1.29 is 18.7 Å². The Hall–Kier alpha value is -2.43. The van der Waals surface area contributed by atoms with Crippen LogP contribution < -0.4 is 14.8 Å². The smallest absolute Gasteiger partial charge is 0.287 e. The fraction of sp³-hybridized carbons (Fsp3) is 0.353. The quantitative estimate of drug-likeness (QED) is 0.891. The van der Waals surface area contributed by atoms with Crippen molar-refractivity contribution in [2.24, 2.45) is 0 Å². The molecule has 5 nitrogen and oxygen atoms in total. The zero-order valence-corrected chi connectivity index (χ0v) is 13.4. The number of rotatable bonds is 6. The SMILES string of the molecule is COc1ccc(CCNC(=O)c2cc(C)c(C)o2)cc1OC. The second-order valence-corrected chi connectivity index (χ2v) is 5.05. The number of ether oxygens (including phenoxy) is 2. The van der Waals surface area contributed by atoms with E-state index in [1.54, 1.807) is 20.3 Å². The number of hydrogen-bond donors (Lipinski definition) is 1. The van der Waals surface area contributed by atoms with Crippen LogP contribution in [-0.2, 0) is 6.42 Å². The lowest BCUT2D eigenvalue weighted by molar-refractivity contribution is 0.0925. The monoisotopic (exact) mass is 303 g/mol. The third-order valence-corrected chi connectivity index (χ3v) is 3.54. The molecular formula is C17H21NO4. The Labute approximate surface area is 130 Å². The Morgan fingerprint density at radius 1 is 1.14 bits per heavy atom. The fourth-order valence-electron chi connectivity index (χ4n) is 2.13. The first-order valence-electron chi connectivity index (χ1n) is 7.11. The number of amides is 1. The van der Waals surface area contributed by atoms with E-state index in [9.17, 15) is 4.79 Å². The Morgan fingerprint density at radius 2 is 1.86 bits per heavy atom. The maximum absolute atomic E-state index is 12.0. The van der Waals surface area contributed by atoms with E-state index in [2.05, 4.69) is 5.32 Å². The molecule has 0 fully saturated rings. The molecule has 1 aromatic carbocycles. The van der Waals surface area contributed by atoms with E-state index >= 15 is 0 Å². The van der Waals surface area contributed by atoms with Crippen LogP contribution in [-0.4, -0.2) is 26.7 Å². The molecule has 1 amide bonds. The van der Waals surface area contributed by atoms with Gasteiger partial charge in [0.2, 0.25) is 0 Å². The van der Waals surface area contributed by atoms with E-state index < -0.39 is 0 Å². The number of methoxy groups -OCH3 is 2. The minimum absolute atomic E-state index is 0.198. The predicted molar refractivity (Wildman–Crippen MR) is 83.8 cm³/mol. The zero-order valence-electron chi connectivity index (χ0n) is 13.4. The zero-order chi connectivity index (χ0) is 16.1.